The quantitative estimate of drug-likeness (QED) is 0.797. The van der Waals surface area contributed by atoms with E-state index in [1.54, 1.807) is 6.92 Å². The average Bonchev–Trinajstić information content (AvgIpc) is 2.42. The first-order valence-corrected chi connectivity index (χ1v) is 6.91. The molecule has 22 heavy (non-hydrogen) atoms. The summed E-state index contributed by atoms with van der Waals surface area (Å²) in [6.45, 7) is 2.87. The van der Waals surface area contributed by atoms with Gasteiger partial charge in [0.15, 0.2) is 5.78 Å². The normalized spacial score (nSPS) is 16.9. The number of fused-ring (bicyclic) bond motifs is 1. The number of carbonyl (C=O) groups excluding carboxylic acids is 2. The number of halogens is 1. The van der Waals surface area contributed by atoms with Crippen LogP contribution < -0.4 is 10.6 Å². The largest absolute Gasteiger partial charge is 0.465 e. The maximum absolute atomic E-state index is 13.9. The first kappa shape index (κ1) is 15.9. The van der Waals surface area contributed by atoms with Crippen molar-refractivity contribution in [1.29, 1.82) is 0 Å². The molecule has 1 aliphatic carbocycles. The predicted molar refractivity (Wildman–Crippen MR) is 77.6 cm³/mol. The number of hydrogen-bond donors (Lipinski definition) is 3. The molecule has 0 aromatic heterocycles. The van der Waals surface area contributed by atoms with Gasteiger partial charge in [-0.15, -0.1) is 0 Å². The molecule has 0 spiro atoms. The van der Waals surface area contributed by atoms with Crippen LogP contribution >= 0.6 is 0 Å². The van der Waals surface area contributed by atoms with Gasteiger partial charge in [-0.25, -0.2) is 9.18 Å². The molecule has 1 aromatic carbocycles. The Labute approximate surface area is 126 Å². The van der Waals surface area contributed by atoms with E-state index in [0.29, 0.717) is 24.0 Å². The molecule has 1 aliphatic rings. The lowest BCUT2D eigenvalue weighted by Gasteiger charge is -2.27. The zero-order valence-corrected chi connectivity index (χ0v) is 12.3. The lowest BCUT2D eigenvalue weighted by Crippen LogP contribution is -2.35. The molecule has 7 heteroatoms. The zero-order valence-electron chi connectivity index (χ0n) is 12.3. The van der Waals surface area contributed by atoms with Crippen molar-refractivity contribution in [2.45, 2.75) is 26.7 Å². The summed E-state index contributed by atoms with van der Waals surface area (Å²) < 4.78 is 13.9. The Hall–Kier alpha value is -2.44. The van der Waals surface area contributed by atoms with Gasteiger partial charge < -0.3 is 15.7 Å². The second kappa shape index (κ2) is 6.13. The van der Waals surface area contributed by atoms with Crippen LogP contribution in [0.3, 0.4) is 0 Å². The Kier molecular flexibility index (Phi) is 4.44. The third-order valence-electron chi connectivity index (χ3n) is 3.82. The monoisotopic (exact) mass is 308 g/mol. The number of rotatable bonds is 3. The molecular formula is C15H17FN2O4. The van der Waals surface area contributed by atoms with Gasteiger partial charge in [0.05, 0.1) is 5.69 Å². The van der Waals surface area contributed by atoms with Crippen LogP contribution in [0.15, 0.2) is 6.07 Å². The molecule has 3 N–H and O–H groups in total. The third kappa shape index (κ3) is 3.08. The minimum Gasteiger partial charge on any atom is -0.465 e. The zero-order chi connectivity index (χ0) is 16.4. The number of ketones is 1. The minimum atomic E-state index is -1.20. The molecule has 0 bridgehead atoms. The average molecular weight is 308 g/mol. The number of carboxylic acid groups (broad SMARTS) is 1. The second-order valence-corrected chi connectivity index (χ2v) is 5.35. The van der Waals surface area contributed by atoms with Gasteiger partial charge >= 0.3 is 6.09 Å². The van der Waals surface area contributed by atoms with E-state index in [1.165, 1.54) is 6.92 Å². The summed E-state index contributed by atoms with van der Waals surface area (Å²) in [6, 6.07) is 1.14. The standard InChI is InChI=1S/C15H17FN2O4/c1-7-10-4-3-9(6-17-15(21)22)14(20)13(10)12(5-11(7)16)18-8(2)19/h5,9,17H,3-4,6H2,1-2H3,(H,18,19)(H,21,22). The Morgan fingerprint density at radius 3 is 2.73 bits per heavy atom. The summed E-state index contributed by atoms with van der Waals surface area (Å²) in [5.41, 5.74) is 1.41. The van der Waals surface area contributed by atoms with Gasteiger partial charge in [-0.3, -0.25) is 9.59 Å². The van der Waals surface area contributed by atoms with Crippen LogP contribution in [0.2, 0.25) is 0 Å². The molecule has 2 rings (SSSR count). The van der Waals surface area contributed by atoms with Crippen molar-refractivity contribution >= 4 is 23.5 Å². The number of hydrogen-bond acceptors (Lipinski definition) is 3. The molecule has 0 fully saturated rings. The van der Waals surface area contributed by atoms with E-state index in [-0.39, 0.29) is 23.6 Å². The van der Waals surface area contributed by atoms with Gasteiger partial charge in [0, 0.05) is 24.9 Å². The highest BCUT2D eigenvalue weighted by atomic mass is 19.1. The van der Waals surface area contributed by atoms with Crippen molar-refractivity contribution in [2.24, 2.45) is 5.92 Å². The molecule has 1 unspecified atom stereocenters. The molecule has 6 nitrogen and oxygen atoms in total. The van der Waals surface area contributed by atoms with Gasteiger partial charge in [0.1, 0.15) is 5.82 Å². The van der Waals surface area contributed by atoms with Crippen LogP contribution in [-0.2, 0) is 11.2 Å². The molecule has 0 saturated heterocycles. The molecule has 0 radical (unpaired) electrons. The molecule has 0 heterocycles. The first-order valence-electron chi connectivity index (χ1n) is 6.91. The topological polar surface area (TPSA) is 95.5 Å². The van der Waals surface area contributed by atoms with E-state index in [9.17, 15) is 18.8 Å². The highest BCUT2D eigenvalue weighted by molar-refractivity contribution is 6.08. The molecule has 118 valence electrons. The van der Waals surface area contributed by atoms with Gasteiger partial charge in [0.2, 0.25) is 5.91 Å². The van der Waals surface area contributed by atoms with Gasteiger partial charge in [0.25, 0.3) is 0 Å². The molecule has 0 saturated carbocycles. The summed E-state index contributed by atoms with van der Waals surface area (Å²) in [7, 11) is 0. The van der Waals surface area contributed by atoms with Crippen LogP contribution in [0.1, 0.15) is 34.8 Å². The molecule has 0 aliphatic heterocycles. The van der Waals surface area contributed by atoms with Crippen molar-refractivity contribution in [3.05, 3.63) is 28.6 Å². The van der Waals surface area contributed by atoms with Crippen molar-refractivity contribution in [1.82, 2.24) is 5.32 Å². The molecule has 1 aromatic rings. The van der Waals surface area contributed by atoms with Crippen molar-refractivity contribution in [2.75, 3.05) is 11.9 Å². The lowest BCUT2D eigenvalue weighted by molar-refractivity contribution is -0.114. The fraction of sp³-hybridized carbons (Fsp3) is 0.400. The van der Waals surface area contributed by atoms with Gasteiger partial charge in [-0.05, 0) is 37.0 Å². The summed E-state index contributed by atoms with van der Waals surface area (Å²) in [6.07, 6.45) is -0.296. The van der Waals surface area contributed by atoms with Crippen molar-refractivity contribution in [3.63, 3.8) is 0 Å². The number of carbonyl (C=O) groups is 3. The summed E-state index contributed by atoms with van der Waals surface area (Å²) in [4.78, 5) is 34.4. The van der Waals surface area contributed by atoms with E-state index in [2.05, 4.69) is 10.6 Å². The SMILES string of the molecule is CC(=O)Nc1cc(F)c(C)c2c1C(=O)C(CNC(=O)O)CC2. The Bertz CT molecular complexity index is 657. The minimum absolute atomic E-state index is 0.00351. The Morgan fingerprint density at radius 2 is 2.14 bits per heavy atom. The molecule has 2 amide bonds. The highest BCUT2D eigenvalue weighted by Gasteiger charge is 2.32. The Morgan fingerprint density at radius 1 is 1.45 bits per heavy atom. The smallest absolute Gasteiger partial charge is 0.404 e. The maximum atomic E-state index is 13.9. The number of anilines is 1. The Balaban J connectivity index is 2.42. The van der Waals surface area contributed by atoms with Crippen LogP contribution in [0.5, 0.6) is 0 Å². The van der Waals surface area contributed by atoms with Gasteiger partial charge in [-0.2, -0.15) is 0 Å². The van der Waals surface area contributed by atoms with E-state index in [0.717, 1.165) is 6.07 Å². The first-order chi connectivity index (χ1) is 10.3. The molecule has 1 atom stereocenters. The van der Waals surface area contributed by atoms with E-state index < -0.39 is 23.7 Å². The summed E-state index contributed by atoms with van der Waals surface area (Å²) in [5.74, 6) is -1.66. The number of nitrogens with one attached hydrogen (secondary N) is 2. The van der Waals surface area contributed by atoms with E-state index in [4.69, 9.17) is 5.11 Å². The molecular weight excluding hydrogens is 291 g/mol. The van der Waals surface area contributed by atoms with Crippen molar-refractivity contribution in [3.8, 4) is 0 Å². The number of benzene rings is 1. The second-order valence-electron chi connectivity index (χ2n) is 5.35. The van der Waals surface area contributed by atoms with E-state index >= 15 is 0 Å². The summed E-state index contributed by atoms with van der Waals surface area (Å²) >= 11 is 0. The third-order valence-corrected chi connectivity index (χ3v) is 3.82. The van der Waals surface area contributed by atoms with Crippen LogP contribution in [0, 0.1) is 18.7 Å². The fourth-order valence-electron chi connectivity index (χ4n) is 2.74. The van der Waals surface area contributed by atoms with E-state index in [1.807, 2.05) is 0 Å². The van der Waals surface area contributed by atoms with Gasteiger partial charge in [-0.1, -0.05) is 0 Å². The fourth-order valence-corrected chi connectivity index (χ4v) is 2.74. The predicted octanol–water partition coefficient (Wildman–Crippen LogP) is 2.11. The van der Waals surface area contributed by atoms with Crippen LogP contribution in [0.25, 0.3) is 0 Å². The summed E-state index contributed by atoms with van der Waals surface area (Å²) in [5, 5.41) is 13.3. The van der Waals surface area contributed by atoms with Crippen LogP contribution in [0.4, 0.5) is 14.9 Å². The highest BCUT2D eigenvalue weighted by Crippen LogP contribution is 2.34. The maximum Gasteiger partial charge on any atom is 0.404 e. The van der Waals surface area contributed by atoms with Crippen molar-refractivity contribution < 1.29 is 23.9 Å². The van der Waals surface area contributed by atoms with Crippen LogP contribution in [-0.4, -0.2) is 29.4 Å². The number of amides is 2. The lowest BCUT2D eigenvalue weighted by atomic mass is 9.79. The number of Topliss-reactive ketones (excluding diaryl/α,β-unsaturated/α-hetero) is 1.